The molecule has 0 radical (unpaired) electrons. The third-order valence-electron chi connectivity index (χ3n) is 5.39. The predicted molar refractivity (Wildman–Crippen MR) is 137 cm³/mol. The highest BCUT2D eigenvalue weighted by Gasteiger charge is 2.33. The Bertz CT molecular complexity index is 1380. The van der Waals surface area contributed by atoms with Crippen LogP contribution in [0.5, 0.6) is 0 Å². The van der Waals surface area contributed by atoms with E-state index in [4.69, 9.17) is 22.3 Å². The highest BCUT2D eigenvalue weighted by molar-refractivity contribution is 8.26. The molecule has 8 nitrogen and oxygen atoms in total. The van der Waals surface area contributed by atoms with Crippen LogP contribution >= 0.6 is 24.0 Å². The topological polar surface area (TPSA) is 95.2 Å². The summed E-state index contributed by atoms with van der Waals surface area (Å²) in [7, 11) is 1.85. The third-order valence-corrected chi connectivity index (χ3v) is 6.76. The van der Waals surface area contributed by atoms with E-state index in [-0.39, 0.29) is 33.3 Å². The van der Waals surface area contributed by atoms with Crippen molar-refractivity contribution >= 4 is 57.7 Å². The minimum absolute atomic E-state index is 0.0216. The second-order valence-corrected chi connectivity index (χ2v) is 9.53. The minimum atomic E-state index is -1.02. The van der Waals surface area contributed by atoms with Crippen molar-refractivity contribution in [3.8, 4) is 0 Å². The van der Waals surface area contributed by atoms with Crippen LogP contribution < -0.4 is 10.5 Å². The summed E-state index contributed by atoms with van der Waals surface area (Å²) in [5.41, 5.74) is 2.39. The van der Waals surface area contributed by atoms with Crippen molar-refractivity contribution in [3.63, 3.8) is 0 Å². The molecule has 0 aliphatic carbocycles. The Balaban J connectivity index is 1.81. The predicted octanol–water partition coefficient (Wildman–Crippen LogP) is 3.32. The van der Waals surface area contributed by atoms with Gasteiger partial charge in [0.1, 0.15) is 15.8 Å². The fourth-order valence-corrected chi connectivity index (χ4v) is 4.97. The van der Waals surface area contributed by atoms with Crippen molar-refractivity contribution in [2.24, 2.45) is 0 Å². The quantitative estimate of drug-likeness (QED) is 0.395. The largest absolute Gasteiger partial charge is 0.481 e. The summed E-state index contributed by atoms with van der Waals surface area (Å²) in [6.45, 7) is 2.37. The Kier molecular flexibility index (Phi) is 6.80. The lowest BCUT2D eigenvalue weighted by Gasteiger charge is -2.21. The second kappa shape index (κ2) is 9.78. The van der Waals surface area contributed by atoms with Gasteiger partial charge in [0.2, 0.25) is 0 Å². The zero-order valence-electron chi connectivity index (χ0n) is 18.6. The van der Waals surface area contributed by atoms with Crippen molar-refractivity contribution in [3.05, 3.63) is 80.6 Å². The third kappa shape index (κ3) is 4.73. The Morgan fingerprint density at radius 3 is 2.65 bits per heavy atom. The molecule has 0 atom stereocenters. The lowest BCUT2D eigenvalue weighted by molar-refractivity contribution is -0.137. The number of hydrogen-bond donors (Lipinski definition) is 1. The number of aryl methyl sites for hydroxylation is 1. The molecule has 1 N–H and O–H groups in total. The number of pyridine rings is 1. The number of aromatic nitrogens is 2. The van der Waals surface area contributed by atoms with Crippen molar-refractivity contribution in [2.75, 3.05) is 18.5 Å². The molecule has 3 heterocycles. The highest BCUT2D eigenvalue weighted by atomic mass is 32.2. The molecule has 1 aliphatic rings. The molecule has 1 amide bonds. The van der Waals surface area contributed by atoms with E-state index in [1.165, 1.54) is 15.4 Å². The van der Waals surface area contributed by atoms with Crippen molar-refractivity contribution in [2.45, 2.75) is 19.9 Å². The van der Waals surface area contributed by atoms with Crippen LogP contribution in [0.3, 0.4) is 0 Å². The zero-order valence-corrected chi connectivity index (χ0v) is 20.2. The Morgan fingerprint density at radius 1 is 1.21 bits per heavy atom. The average Bonchev–Trinajstić information content (AvgIpc) is 3.07. The van der Waals surface area contributed by atoms with Crippen molar-refractivity contribution < 1.29 is 14.7 Å². The molecule has 1 fully saturated rings. The first kappa shape index (κ1) is 23.7. The van der Waals surface area contributed by atoms with Crippen molar-refractivity contribution in [1.82, 2.24) is 14.3 Å². The zero-order chi connectivity index (χ0) is 24.4. The van der Waals surface area contributed by atoms with Gasteiger partial charge in [0, 0.05) is 26.3 Å². The summed E-state index contributed by atoms with van der Waals surface area (Å²) < 4.78 is 1.73. The molecule has 0 saturated carbocycles. The van der Waals surface area contributed by atoms with Crippen LogP contribution in [-0.2, 0) is 16.1 Å². The normalized spacial score (nSPS) is 14.9. The minimum Gasteiger partial charge on any atom is -0.481 e. The van der Waals surface area contributed by atoms with E-state index in [9.17, 15) is 14.4 Å². The summed E-state index contributed by atoms with van der Waals surface area (Å²) >= 11 is 6.34. The van der Waals surface area contributed by atoms with Gasteiger partial charge in [-0.1, -0.05) is 60.4 Å². The molecule has 0 spiro atoms. The number of amides is 1. The Morgan fingerprint density at radius 2 is 1.94 bits per heavy atom. The van der Waals surface area contributed by atoms with Crippen LogP contribution in [0.15, 0.2) is 58.4 Å². The number of fused-ring (bicyclic) bond motifs is 1. The number of hydrogen-bond acceptors (Lipinski definition) is 7. The van der Waals surface area contributed by atoms with Gasteiger partial charge in [-0.15, -0.1) is 0 Å². The van der Waals surface area contributed by atoms with Gasteiger partial charge in [0.25, 0.3) is 11.5 Å². The number of carbonyl (C=O) groups is 2. The first-order valence-electron chi connectivity index (χ1n) is 10.5. The number of carbonyl (C=O) groups excluding carboxylic acids is 1. The SMILES string of the molecule is Cc1cccn2c(=O)c(C=C3SC(=S)N(CCC(=O)O)C3=O)c(N(C)Cc3ccccc3)nc12. The fraction of sp³-hybridized carbons (Fsp3) is 0.208. The number of thiocarbonyl (C=S) groups is 1. The number of aliphatic carboxylic acids is 1. The molecule has 10 heteroatoms. The molecule has 4 rings (SSSR count). The fourth-order valence-electron chi connectivity index (χ4n) is 3.68. The molecule has 174 valence electrons. The summed E-state index contributed by atoms with van der Waals surface area (Å²) in [6, 6.07) is 13.5. The molecule has 34 heavy (non-hydrogen) atoms. The summed E-state index contributed by atoms with van der Waals surface area (Å²) in [4.78, 5) is 45.6. The maximum atomic E-state index is 13.5. The second-order valence-electron chi connectivity index (χ2n) is 7.86. The van der Waals surface area contributed by atoms with Crippen LogP contribution in [0.25, 0.3) is 11.7 Å². The standard InChI is InChI=1S/C24H22N4O4S2/c1-15-7-6-11-27-20(15)25-21(26(2)14-16-8-4-3-5-9-16)17(22(27)31)13-18-23(32)28(24(33)34-18)12-10-19(29)30/h3-9,11,13H,10,12,14H2,1-2H3,(H,29,30). The molecular formula is C24H22N4O4S2. The monoisotopic (exact) mass is 494 g/mol. The van der Waals surface area contributed by atoms with Gasteiger partial charge in [-0.3, -0.25) is 23.7 Å². The smallest absolute Gasteiger partial charge is 0.305 e. The van der Waals surface area contributed by atoms with Crippen LogP contribution in [-0.4, -0.2) is 49.2 Å². The summed E-state index contributed by atoms with van der Waals surface area (Å²) in [5, 5.41) is 8.96. The van der Waals surface area contributed by atoms with E-state index in [1.54, 1.807) is 12.3 Å². The lowest BCUT2D eigenvalue weighted by Crippen LogP contribution is -2.30. The number of carboxylic acid groups (broad SMARTS) is 1. The van der Waals surface area contributed by atoms with Gasteiger partial charge in [-0.25, -0.2) is 4.98 Å². The van der Waals surface area contributed by atoms with E-state index in [0.717, 1.165) is 22.9 Å². The van der Waals surface area contributed by atoms with E-state index < -0.39 is 11.9 Å². The number of benzene rings is 1. The van der Waals surface area contributed by atoms with Crippen LogP contribution in [0, 0.1) is 6.92 Å². The van der Waals surface area contributed by atoms with E-state index in [1.807, 2.05) is 55.3 Å². The molecule has 0 unspecified atom stereocenters. The molecular weight excluding hydrogens is 472 g/mol. The maximum absolute atomic E-state index is 13.5. The Labute approximate surface area is 205 Å². The molecule has 1 aliphatic heterocycles. The first-order valence-corrected chi connectivity index (χ1v) is 11.7. The lowest BCUT2D eigenvalue weighted by atomic mass is 10.2. The summed E-state index contributed by atoms with van der Waals surface area (Å²) in [6.07, 6.45) is 2.94. The number of rotatable bonds is 7. The average molecular weight is 495 g/mol. The number of nitrogens with zero attached hydrogens (tertiary/aromatic N) is 4. The molecule has 3 aromatic rings. The van der Waals surface area contributed by atoms with Gasteiger partial charge in [-0.2, -0.15) is 0 Å². The first-order chi connectivity index (χ1) is 16.3. The molecule has 1 saturated heterocycles. The maximum Gasteiger partial charge on any atom is 0.305 e. The molecule has 2 aromatic heterocycles. The van der Waals surface area contributed by atoms with E-state index in [2.05, 4.69) is 0 Å². The van der Waals surface area contributed by atoms with Gasteiger partial charge in [-0.05, 0) is 30.2 Å². The summed E-state index contributed by atoms with van der Waals surface area (Å²) in [5.74, 6) is -0.990. The van der Waals surface area contributed by atoms with Gasteiger partial charge in [0.15, 0.2) is 0 Å². The Hall–Kier alpha value is -3.50. The molecule has 1 aromatic carbocycles. The molecule has 0 bridgehead atoms. The number of thioether (sulfide) groups is 1. The van der Waals surface area contributed by atoms with Gasteiger partial charge < -0.3 is 10.0 Å². The van der Waals surface area contributed by atoms with Gasteiger partial charge >= 0.3 is 5.97 Å². The van der Waals surface area contributed by atoms with Crippen molar-refractivity contribution in [1.29, 1.82) is 0 Å². The highest BCUT2D eigenvalue weighted by Crippen LogP contribution is 2.33. The van der Waals surface area contributed by atoms with Crippen LogP contribution in [0.4, 0.5) is 5.82 Å². The van der Waals surface area contributed by atoms with E-state index >= 15 is 0 Å². The van der Waals surface area contributed by atoms with Gasteiger partial charge in [0.05, 0.1) is 16.9 Å². The number of carboxylic acids is 1. The van der Waals surface area contributed by atoms with E-state index in [0.29, 0.717) is 18.0 Å². The van der Waals surface area contributed by atoms with Crippen LogP contribution in [0.1, 0.15) is 23.1 Å². The number of anilines is 1. The van der Waals surface area contributed by atoms with Crippen LogP contribution in [0.2, 0.25) is 0 Å².